The zero-order chi connectivity index (χ0) is 13.2. The summed E-state index contributed by atoms with van der Waals surface area (Å²) in [5, 5.41) is 6.19. The number of aromatic nitrogens is 1. The van der Waals surface area contributed by atoms with Crippen LogP contribution in [0.25, 0.3) is 0 Å². The number of nitrogens with zero attached hydrogens (tertiary/aromatic N) is 1. The predicted octanol–water partition coefficient (Wildman–Crippen LogP) is 3.73. The SMILES string of the molecule is CNC(Cc1ccsc1)c1cnc(C(F)(F)F)s1. The number of likely N-dealkylation sites (N-methyl/N-ethyl adjacent to an activating group) is 1. The van der Waals surface area contributed by atoms with Crippen LogP contribution in [0, 0.1) is 0 Å². The Labute approximate surface area is 110 Å². The second kappa shape index (κ2) is 5.38. The van der Waals surface area contributed by atoms with E-state index in [0.29, 0.717) is 22.6 Å². The molecule has 2 aromatic heterocycles. The molecule has 2 rings (SSSR count). The van der Waals surface area contributed by atoms with Crippen LogP contribution >= 0.6 is 22.7 Å². The molecule has 2 heterocycles. The van der Waals surface area contributed by atoms with Gasteiger partial charge in [-0.3, -0.25) is 0 Å². The summed E-state index contributed by atoms with van der Waals surface area (Å²) < 4.78 is 37.4. The van der Waals surface area contributed by atoms with Gasteiger partial charge < -0.3 is 5.32 Å². The van der Waals surface area contributed by atoms with Gasteiger partial charge in [-0.2, -0.15) is 24.5 Å². The molecule has 0 saturated carbocycles. The maximum Gasteiger partial charge on any atom is 0.443 e. The van der Waals surface area contributed by atoms with Crippen molar-refractivity contribution in [2.45, 2.75) is 18.6 Å². The third kappa shape index (κ3) is 3.09. The van der Waals surface area contributed by atoms with Gasteiger partial charge in [0.05, 0.1) is 0 Å². The third-order valence-electron chi connectivity index (χ3n) is 2.48. The first kappa shape index (κ1) is 13.5. The van der Waals surface area contributed by atoms with Gasteiger partial charge in [-0.15, -0.1) is 11.3 Å². The normalized spacial score (nSPS) is 13.8. The Morgan fingerprint density at radius 3 is 2.72 bits per heavy atom. The Hall–Kier alpha value is -0.920. The molecule has 1 N–H and O–H groups in total. The topological polar surface area (TPSA) is 24.9 Å². The lowest BCUT2D eigenvalue weighted by Crippen LogP contribution is -2.17. The molecule has 2 aromatic rings. The summed E-state index contributed by atoms with van der Waals surface area (Å²) in [6, 6.07) is 1.84. The molecule has 18 heavy (non-hydrogen) atoms. The molecule has 0 amide bonds. The second-order valence-corrected chi connectivity index (χ2v) is 5.58. The number of hydrogen-bond acceptors (Lipinski definition) is 4. The number of halogens is 3. The first-order valence-electron chi connectivity index (χ1n) is 5.22. The van der Waals surface area contributed by atoms with E-state index in [2.05, 4.69) is 10.3 Å². The standard InChI is InChI=1S/C11H11F3N2S2/c1-15-8(4-7-2-3-17-6-7)9-5-16-10(18-9)11(12,13)14/h2-3,5-6,8,15H,4H2,1H3. The van der Waals surface area contributed by atoms with Crippen LogP contribution in [0.1, 0.15) is 21.5 Å². The van der Waals surface area contributed by atoms with Gasteiger partial charge in [0.2, 0.25) is 0 Å². The number of rotatable bonds is 4. The van der Waals surface area contributed by atoms with E-state index < -0.39 is 11.2 Å². The highest BCUT2D eigenvalue weighted by molar-refractivity contribution is 7.11. The average molecular weight is 292 g/mol. The van der Waals surface area contributed by atoms with Gasteiger partial charge in [0.25, 0.3) is 0 Å². The molecule has 1 atom stereocenters. The minimum atomic E-state index is -4.36. The zero-order valence-corrected chi connectivity index (χ0v) is 11.1. The fourth-order valence-electron chi connectivity index (χ4n) is 1.57. The van der Waals surface area contributed by atoms with E-state index in [1.807, 2.05) is 16.8 Å². The van der Waals surface area contributed by atoms with Crippen LogP contribution < -0.4 is 5.32 Å². The quantitative estimate of drug-likeness (QED) is 0.929. The summed E-state index contributed by atoms with van der Waals surface area (Å²) in [5.74, 6) is 0. The van der Waals surface area contributed by atoms with Gasteiger partial charge in [0, 0.05) is 17.1 Å². The van der Waals surface area contributed by atoms with Gasteiger partial charge in [-0.05, 0) is 35.9 Å². The minimum absolute atomic E-state index is 0.131. The molecule has 0 spiro atoms. The van der Waals surface area contributed by atoms with E-state index in [-0.39, 0.29) is 6.04 Å². The average Bonchev–Trinajstić information content (AvgIpc) is 2.95. The van der Waals surface area contributed by atoms with Crippen LogP contribution in [0.3, 0.4) is 0 Å². The summed E-state index contributed by atoms with van der Waals surface area (Å²) >= 11 is 2.28. The molecule has 0 aliphatic heterocycles. The monoisotopic (exact) mass is 292 g/mol. The third-order valence-corrected chi connectivity index (χ3v) is 4.37. The molecule has 0 aliphatic carbocycles. The molecular weight excluding hydrogens is 281 g/mol. The highest BCUT2D eigenvalue weighted by Crippen LogP contribution is 2.35. The Balaban J connectivity index is 2.15. The molecule has 0 bridgehead atoms. The Bertz CT molecular complexity index is 491. The van der Waals surface area contributed by atoms with Crippen LogP contribution in [-0.2, 0) is 12.6 Å². The van der Waals surface area contributed by atoms with Crippen molar-refractivity contribution < 1.29 is 13.2 Å². The van der Waals surface area contributed by atoms with Gasteiger partial charge >= 0.3 is 6.18 Å². The molecule has 7 heteroatoms. The summed E-state index contributed by atoms with van der Waals surface area (Å²) in [6.07, 6.45) is -2.38. The van der Waals surface area contributed by atoms with Crippen molar-refractivity contribution in [3.8, 4) is 0 Å². The molecule has 98 valence electrons. The van der Waals surface area contributed by atoms with Crippen molar-refractivity contribution in [1.82, 2.24) is 10.3 Å². The van der Waals surface area contributed by atoms with Crippen LogP contribution in [0.2, 0.25) is 0 Å². The highest BCUT2D eigenvalue weighted by atomic mass is 32.1. The van der Waals surface area contributed by atoms with E-state index in [0.717, 1.165) is 5.56 Å². The summed E-state index contributed by atoms with van der Waals surface area (Å²) in [7, 11) is 1.74. The molecule has 0 saturated heterocycles. The van der Waals surface area contributed by atoms with Crippen molar-refractivity contribution in [2.75, 3.05) is 7.05 Å². The van der Waals surface area contributed by atoms with Gasteiger partial charge in [0.15, 0.2) is 5.01 Å². The van der Waals surface area contributed by atoms with E-state index in [1.165, 1.54) is 6.20 Å². The lowest BCUT2D eigenvalue weighted by atomic mass is 10.1. The van der Waals surface area contributed by atoms with Crippen molar-refractivity contribution in [3.05, 3.63) is 38.5 Å². The zero-order valence-electron chi connectivity index (χ0n) is 9.49. The van der Waals surface area contributed by atoms with Crippen molar-refractivity contribution >= 4 is 22.7 Å². The lowest BCUT2D eigenvalue weighted by molar-refractivity contribution is -0.137. The lowest BCUT2D eigenvalue weighted by Gasteiger charge is -2.12. The second-order valence-electron chi connectivity index (χ2n) is 3.74. The van der Waals surface area contributed by atoms with Gasteiger partial charge in [-0.25, -0.2) is 4.98 Å². The number of nitrogens with one attached hydrogen (secondary N) is 1. The van der Waals surface area contributed by atoms with Crippen molar-refractivity contribution in [2.24, 2.45) is 0 Å². The fourth-order valence-corrected chi connectivity index (χ4v) is 3.14. The van der Waals surface area contributed by atoms with E-state index in [1.54, 1.807) is 18.4 Å². The Kier molecular flexibility index (Phi) is 4.04. The molecule has 0 aliphatic rings. The predicted molar refractivity (Wildman–Crippen MR) is 66.9 cm³/mol. The van der Waals surface area contributed by atoms with E-state index >= 15 is 0 Å². The molecule has 2 nitrogen and oxygen atoms in total. The van der Waals surface area contributed by atoms with E-state index in [9.17, 15) is 13.2 Å². The molecule has 0 aromatic carbocycles. The summed E-state index contributed by atoms with van der Waals surface area (Å²) in [6.45, 7) is 0. The smallest absolute Gasteiger partial charge is 0.312 e. The number of thiophene rings is 1. The van der Waals surface area contributed by atoms with Crippen LogP contribution in [0.5, 0.6) is 0 Å². The van der Waals surface area contributed by atoms with Gasteiger partial charge in [0.1, 0.15) is 0 Å². The largest absolute Gasteiger partial charge is 0.443 e. The van der Waals surface area contributed by atoms with Crippen LogP contribution in [0.4, 0.5) is 13.2 Å². The Morgan fingerprint density at radius 2 is 2.22 bits per heavy atom. The summed E-state index contributed by atoms with van der Waals surface area (Å²) in [5.41, 5.74) is 1.11. The fraction of sp³-hybridized carbons (Fsp3) is 0.364. The van der Waals surface area contributed by atoms with Crippen molar-refractivity contribution in [3.63, 3.8) is 0 Å². The van der Waals surface area contributed by atoms with Gasteiger partial charge in [-0.1, -0.05) is 0 Å². The van der Waals surface area contributed by atoms with Crippen LogP contribution in [0.15, 0.2) is 23.0 Å². The molecular formula is C11H11F3N2S2. The van der Waals surface area contributed by atoms with Crippen molar-refractivity contribution in [1.29, 1.82) is 0 Å². The number of hydrogen-bond donors (Lipinski definition) is 1. The maximum atomic E-state index is 12.5. The number of alkyl halides is 3. The molecule has 0 fully saturated rings. The maximum absolute atomic E-state index is 12.5. The Morgan fingerprint density at radius 1 is 1.44 bits per heavy atom. The molecule has 1 unspecified atom stereocenters. The minimum Gasteiger partial charge on any atom is -0.312 e. The first-order chi connectivity index (χ1) is 8.50. The van der Waals surface area contributed by atoms with Crippen LogP contribution in [-0.4, -0.2) is 12.0 Å². The summed E-state index contributed by atoms with van der Waals surface area (Å²) in [4.78, 5) is 4.05. The number of thiazole rings is 1. The first-order valence-corrected chi connectivity index (χ1v) is 6.98. The highest BCUT2D eigenvalue weighted by Gasteiger charge is 2.35. The molecule has 0 radical (unpaired) electrons. The van der Waals surface area contributed by atoms with E-state index in [4.69, 9.17) is 0 Å².